The molecule has 2 atom stereocenters. The summed E-state index contributed by atoms with van der Waals surface area (Å²) in [6.45, 7) is 0.592. The molecule has 0 bridgehead atoms. The number of hydrogen-bond acceptors (Lipinski definition) is 3. The number of amides is 1. The van der Waals surface area contributed by atoms with Gasteiger partial charge in [-0.05, 0) is 66.3 Å². The van der Waals surface area contributed by atoms with E-state index in [2.05, 4.69) is 27.9 Å². The predicted octanol–water partition coefficient (Wildman–Crippen LogP) is 3.62. The molecular weight excluding hydrogens is 417 g/mol. The third-order valence-electron chi connectivity index (χ3n) is 4.14. The molecule has 0 spiro atoms. The summed E-state index contributed by atoms with van der Waals surface area (Å²) in [4.78, 5) is 12.2. The van der Waals surface area contributed by atoms with Crippen LogP contribution in [0.3, 0.4) is 0 Å². The van der Waals surface area contributed by atoms with Gasteiger partial charge in [0.05, 0.1) is 23.8 Å². The van der Waals surface area contributed by atoms with E-state index >= 15 is 0 Å². The Hall–Kier alpha value is -0.530. The van der Waals surface area contributed by atoms with Gasteiger partial charge >= 0.3 is 0 Å². The number of nitrogens with one attached hydrogen (secondary N) is 1. The Bertz CT molecular complexity index is 538. The van der Waals surface area contributed by atoms with Gasteiger partial charge in [0, 0.05) is 10.1 Å². The summed E-state index contributed by atoms with van der Waals surface area (Å²) in [5.74, 6) is 0.735. The fourth-order valence-electron chi connectivity index (χ4n) is 2.89. The van der Waals surface area contributed by atoms with E-state index in [-0.39, 0.29) is 12.0 Å². The molecule has 122 valence electrons. The van der Waals surface area contributed by atoms with E-state index in [1.54, 1.807) is 12.1 Å². The molecule has 0 aromatic heterocycles. The Morgan fingerprint density at radius 3 is 2.91 bits per heavy atom. The lowest BCUT2D eigenvalue weighted by Gasteiger charge is -2.14. The highest BCUT2D eigenvalue weighted by Crippen LogP contribution is 2.29. The zero-order chi connectivity index (χ0) is 16.1. The van der Waals surface area contributed by atoms with Crippen LogP contribution < -0.4 is 10.1 Å². The molecule has 0 heterocycles. The minimum Gasteiger partial charge on any atom is -0.496 e. The van der Waals surface area contributed by atoms with Crippen molar-refractivity contribution in [3.63, 3.8) is 0 Å². The first-order valence-electron chi connectivity index (χ1n) is 7.52. The molecule has 1 amide bonds. The minimum atomic E-state index is -0.179. The van der Waals surface area contributed by atoms with Crippen molar-refractivity contribution in [2.45, 2.75) is 38.2 Å². The van der Waals surface area contributed by atoms with Crippen LogP contribution in [0.5, 0.6) is 5.75 Å². The summed E-state index contributed by atoms with van der Waals surface area (Å²) in [6.07, 6.45) is 4.77. The number of carbonyl (C=O) groups excluding carboxylic acids is 1. The number of methoxy groups -OCH3 is 1. The van der Waals surface area contributed by atoms with Gasteiger partial charge in [0.1, 0.15) is 5.75 Å². The summed E-state index contributed by atoms with van der Waals surface area (Å²) in [5.41, 5.74) is 0.453. The molecule has 0 saturated heterocycles. The lowest BCUT2D eigenvalue weighted by atomic mass is 10.00. The highest BCUT2D eigenvalue weighted by atomic mass is 127. The first-order valence-corrected chi connectivity index (χ1v) is 8.98. The second-order valence-electron chi connectivity index (χ2n) is 5.62. The standard InChI is InChI=1S/C16H21ClINO3/c1-22-15-9-13(18)12(17)8-11(15)16(21)19-7-3-5-10-4-2-6-14(10)20/h8-10,14,20H,2-7H2,1H3,(H,19,21)/t10-,14-/m0/s1. The Morgan fingerprint density at radius 2 is 2.27 bits per heavy atom. The number of carbonyl (C=O) groups is 1. The van der Waals surface area contributed by atoms with Gasteiger partial charge in [-0.15, -0.1) is 0 Å². The second kappa shape index (κ2) is 8.36. The molecule has 1 fully saturated rings. The van der Waals surface area contributed by atoms with Crippen molar-refractivity contribution < 1.29 is 14.6 Å². The predicted molar refractivity (Wildman–Crippen MR) is 95.6 cm³/mol. The van der Waals surface area contributed by atoms with Gasteiger partial charge in [0.15, 0.2) is 0 Å². The van der Waals surface area contributed by atoms with Gasteiger partial charge < -0.3 is 15.2 Å². The van der Waals surface area contributed by atoms with Crippen molar-refractivity contribution in [2.75, 3.05) is 13.7 Å². The zero-order valence-electron chi connectivity index (χ0n) is 12.6. The smallest absolute Gasteiger partial charge is 0.255 e. The lowest BCUT2D eigenvalue weighted by Crippen LogP contribution is -2.26. The molecule has 1 aromatic carbocycles. The van der Waals surface area contributed by atoms with Crippen LogP contribution in [-0.4, -0.2) is 30.8 Å². The van der Waals surface area contributed by atoms with E-state index in [0.29, 0.717) is 28.8 Å². The van der Waals surface area contributed by atoms with E-state index < -0.39 is 0 Å². The van der Waals surface area contributed by atoms with Crippen LogP contribution in [-0.2, 0) is 0 Å². The Kier molecular flexibility index (Phi) is 6.77. The number of aliphatic hydroxyl groups excluding tert-OH is 1. The first kappa shape index (κ1) is 17.8. The van der Waals surface area contributed by atoms with Gasteiger partial charge in [0.25, 0.3) is 5.91 Å². The minimum absolute atomic E-state index is 0.161. The SMILES string of the molecule is COc1cc(I)c(Cl)cc1C(=O)NCCC[C@@H]1CCC[C@@H]1O. The average molecular weight is 438 g/mol. The van der Waals surface area contributed by atoms with Crippen LogP contribution >= 0.6 is 34.2 Å². The maximum atomic E-state index is 12.2. The summed E-state index contributed by atoms with van der Waals surface area (Å²) < 4.78 is 6.10. The van der Waals surface area contributed by atoms with E-state index in [4.69, 9.17) is 16.3 Å². The topological polar surface area (TPSA) is 58.6 Å². The fraction of sp³-hybridized carbons (Fsp3) is 0.562. The lowest BCUT2D eigenvalue weighted by molar-refractivity contribution is 0.0946. The molecule has 6 heteroatoms. The van der Waals surface area contributed by atoms with Crippen molar-refractivity contribution in [3.05, 3.63) is 26.3 Å². The van der Waals surface area contributed by atoms with Crippen LogP contribution in [0.25, 0.3) is 0 Å². The van der Waals surface area contributed by atoms with Gasteiger partial charge in [-0.3, -0.25) is 4.79 Å². The van der Waals surface area contributed by atoms with Crippen LogP contribution in [0.4, 0.5) is 0 Å². The maximum absolute atomic E-state index is 12.2. The Balaban J connectivity index is 1.85. The number of rotatable bonds is 6. The van der Waals surface area contributed by atoms with Crippen LogP contribution in [0.15, 0.2) is 12.1 Å². The van der Waals surface area contributed by atoms with Gasteiger partial charge in [0.2, 0.25) is 0 Å². The highest BCUT2D eigenvalue weighted by Gasteiger charge is 2.24. The zero-order valence-corrected chi connectivity index (χ0v) is 15.5. The third kappa shape index (κ3) is 4.49. The maximum Gasteiger partial charge on any atom is 0.255 e. The van der Waals surface area contributed by atoms with E-state index in [1.165, 1.54) is 7.11 Å². The molecule has 1 aliphatic carbocycles. The van der Waals surface area contributed by atoms with E-state index in [1.807, 2.05) is 0 Å². The van der Waals surface area contributed by atoms with Crippen molar-refractivity contribution in [1.82, 2.24) is 5.32 Å². The van der Waals surface area contributed by atoms with E-state index in [9.17, 15) is 9.90 Å². The van der Waals surface area contributed by atoms with Crippen LogP contribution in [0.2, 0.25) is 5.02 Å². The summed E-state index contributed by atoms with van der Waals surface area (Å²) >= 11 is 8.18. The van der Waals surface area contributed by atoms with Crippen molar-refractivity contribution in [2.24, 2.45) is 5.92 Å². The van der Waals surface area contributed by atoms with Crippen LogP contribution in [0, 0.1) is 9.49 Å². The second-order valence-corrected chi connectivity index (χ2v) is 7.19. The molecule has 0 unspecified atom stereocenters. The Morgan fingerprint density at radius 1 is 1.50 bits per heavy atom. The molecule has 1 aromatic rings. The fourth-order valence-corrected chi connectivity index (χ4v) is 3.49. The molecule has 0 aliphatic heterocycles. The molecule has 2 N–H and O–H groups in total. The molecule has 1 saturated carbocycles. The number of hydrogen-bond donors (Lipinski definition) is 2. The summed E-state index contributed by atoms with van der Waals surface area (Å²) in [7, 11) is 1.54. The number of benzene rings is 1. The van der Waals surface area contributed by atoms with Gasteiger partial charge in [-0.25, -0.2) is 0 Å². The van der Waals surface area contributed by atoms with Crippen molar-refractivity contribution in [3.8, 4) is 5.75 Å². The summed E-state index contributed by atoms with van der Waals surface area (Å²) in [5, 5.41) is 13.2. The number of aliphatic hydroxyl groups is 1. The molecule has 22 heavy (non-hydrogen) atoms. The van der Waals surface area contributed by atoms with Gasteiger partial charge in [-0.1, -0.05) is 18.0 Å². The number of halogens is 2. The quantitative estimate of drug-likeness (QED) is 0.528. The first-order chi connectivity index (χ1) is 10.5. The largest absolute Gasteiger partial charge is 0.496 e. The van der Waals surface area contributed by atoms with E-state index in [0.717, 1.165) is 35.7 Å². The average Bonchev–Trinajstić information content (AvgIpc) is 2.91. The Labute approximate surface area is 149 Å². The van der Waals surface area contributed by atoms with Crippen molar-refractivity contribution in [1.29, 1.82) is 0 Å². The molecule has 4 nitrogen and oxygen atoms in total. The molecule has 0 radical (unpaired) electrons. The summed E-state index contributed by atoms with van der Waals surface area (Å²) in [6, 6.07) is 3.39. The molecular formula is C16H21ClINO3. The van der Waals surface area contributed by atoms with Crippen molar-refractivity contribution >= 4 is 40.1 Å². The highest BCUT2D eigenvalue weighted by molar-refractivity contribution is 14.1. The molecule has 1 aliphatic rings. The third-order valence-corrected chi connectivity index (χ3v) is 5.67. The monoisotopic (exact) mass is 437 g/mol. The van der Waals surface area contributed by atoms with Crippen LogP contribution in [0.1, 0.15) is 42.5 Å². The van der Waals surface area contributed by atoms with Gasteiger partial charge in [-0.2, -0.15) is 0 Å². The molecule has 2 rings (SSSR count). The normalized spacial score (nSPS) is 20.9. The number of ether oxygens (including phenoxy) is 1.